The van der Waals surface area contributed by atoms with Gasteiger partial charge in [-0.15, -0.1) is 0 Å². The molecule has 2 rings (SSSR count). The molecule has 2 aliphatic rings. The van der Waals surface area contributed by atoms with E-state index in [2.05, 4.69) is 39.4 Å². The predicted octanol–water partition coefficient (Wildman–Crippen LogP) is 4.63. The molecule has 4 heteroatoms. The van der Waals surface area contributed by atoms with Crippen LogP contribution in [0.15, 0.2) is 17.1 Å². The number of allylic oxidation sites excluding steroid dienone is 2. The van der Waals surface area contributed by atoms with Crippen molar-refractivity contribution in [1.82, 2.24) is 0 Å². The number of halogens is 1. The molecular formula is C16H21FN2S. The quantitative estimate of drug-likeness (QED) is 0.321. The zero-order chi connectivity index (χ0) is 14.4. The molecule has 0 amide bonds. The summed E-state index contributed by atoms with van der Waals surface area (Å²) in [6.07, 6.45) is 10.1. The lowest BCUT2D eigenvalue weighted by atomic mass is 9.82. The molecule has 20 heavy (non-hydrogen) atoms. The first kappa shape index (κ1) is 15.4. The van der Waals surface area contributed by atoms with Crippen LogP contribution in [-0.4, -0.2) is 23.4 Å². The van der Waals surface area contributed by atoms with Gasteiger partial charge in [-0.05, 0) is 56.2 Å². The van der Waals surface area contributed by atoms with Crippen LogP contribution in [0.3, 0.4) is 0 Å². The molecule has 2 saturated carbocycles. The van der Waals surface area contributed by atoms with Crippen molar-refractivity contribution in [3.63, 3.8) is 0 Å². The summed E-state index contributed by atoms with van der Waals surface area (Å²) in [5, 5.41) is 2.30. The Morgan fingerprint density at radius 3 is 2.35 bits per heavy atom. The minimum Gasteiger partial charge on any atom is -0.314 e. The second kappa shape index (κ2) is 7.67. The molecular weight excluding hydrogens is 271 g/mol. The van der Waals surface area contributed by atoms with Gasteiger partial charge in [0.1, 0.15) is 6.17 Å². The number of alkyl halides is 1. The standard InChI is InChI=1S/C16H21FN2S/c1-18-14-7-4-12(5-8-14)2-3-13-6-9-16(19-11-20)15(17)10-13/h2-3,12-16H,4-10H2/b3-2+. The summed E-state index contributed by atoms with van der Waals surface area (Å²) >= 11 is 4.55. The number of hydrogen-bond donors (Lipinski definition) is 0. The minimum atomic E-state index is -0.883. The first-order chi connectivity index (χ1) is 9.72. The first-order valence-electron chi connectivity index (χ1n) is 7.49. The van der Waals surface area contributed by atoms with Gasteiger partial charge in [-0.2, -0.15) is 0 Å². The van der Waals surface area contributed by atoms with Gasteiger partial charge in [0.25, 0.3) is 0 Å². The van der Waals surface area contributed by atoms with Crippen molar-refractivity contribution in [2.24, 2.45) is 16.8 Å². The maximum atomic E-state index is 13.9. The van der Waals surface area contributed by atoms with Crippen LogP contribution >= 0.6 is 12.2 Å². The summed E-state index contributed by atoms with van der Waals surface area (Å²) in [4.78, 5) is 7.52. The van der Waals surface area contributed by atoms with E-state index < -0.39 is 6.17 Å². The zero-order valence-corrected chi connectivity index (χ0v) is 12.5. The van der Waals surface area contributed by atoms with E-state index in [0.29, 0.717) is 18.3 Å². The number of isothiocyanates is 1. The normalized spacial score (nSPS) is 38.1. The molecule has 3 atom stereocenters. The van der Waals surface area contributed by atoms with Crippen LogP contribution in [0, 0.1) is 18.4 Å². The molecule has 3 unspecified atom stereocenters. The number of aliphatic imine (C=N–C) groups is 1. The van der Waals surface area contributed by atoms with E-state index in [1.807, 2.05) is 0 Å². The van der Waals surface area contributed by atoms with E-state index >= 15 is 0 Å². The van der Waals surface area contributed by atoms with Crippen molar-refractivity contribution < 1.29 is 4.39 Å². The van der Waals surface area contributed by atoms with E-state index in [4.69, 9.17) is 6.57 Å². The average molecular weight is 292 g/mol. The van der Waals surface area contributed by atoms with Crippen molar-refractivity contribution in [1.29, 1.82) is 0 Å². The number of nitrogens with zero attached hydrogens (tertiary/aromatic N) is 2. The summed E-state index contributed by atoms with van der Waals surface area (Å²) in [5.41, 5.74) is 0. The molecule has 2 nitrogen and oxygen atoms in total. The number of hydrogen-bond acceptors (Lipinski definition) is 2. The average Bonchev–Trinajstić information content (AvgIpc) is 2.48. The van der Waals surface area contributed by atoms with Gasteiger partial charge in [0.05, 0.1) is 11.2 Å². The highest BCUT2D eigenvalue weighted by Crippen LogP contribution is 2.32. The Labute approximate surface area is 126 Å². The Kier molecular flexibility index (Phi) is 5.88. The molecule has 2 fully saturated rings. The molecule has 0 aromatic heterocycles. The smallest absolute Gasteiger partial charge is 0.223 e. The maximum absolute atomic E-state index is 13.9. The Bertz CT molecular complexity index is 428. The lowest BCUT2D eigenvalue weighted by Crippen LogP contribution is -2.28. The van der Waals surface area contributed by atoms with Crippen molar-refractivity contribution in [2.75, 3.05) is 0 Å². The lowest BCUT2D eigenvalue weighted by molar-refractivity contribution is 0.192. The predicted molar refractivity (Wildman–Crippen MR) is 82.5 cm³/mol. The second-order valence-corrected chi connectivity index (χ2v) is 6.14. The van der Waals surface area contributed by atoms with Crippen LogP contribution in [0.2, 0.25) is 0 Å². The van der Waals surface area contributed by atoms with E-state index in [1.54, 1.807) is 0 Å². The topological polar surface area (TPSA) is 16.7 Å². The third kappa shape index (κ3) is 4.23. The zero-order valence-electron chi connectivity index (χ0n) is 11.7. The monoisotopic (exact) mass is 292 g/mol. The fraction of sp³-hybridized carbons (Fsp3) is 0.750. The first-order valence-corrected chi connectivity index (χ1v) is 7.89. The molecule has 0 bridgehead atoms. The molecule has 0 saturated heterocycles. The van der Waals surface area contributed by atoms with Gasteiger partial charge in [-0.1, -0.05) is 12.2 Å². The highest BCUT2D eigenvalue weighted by atomic mass is 32.1. The van der Waals surface area contributed by atoms with E-state index in [9.17, 15) is 4.39 Å². The third-order valence-electron chi connectivity index (χ3n) is 4.58. The largest absolute Gasteiger partial charge is 0.314 e. The van der Waals surface area contributed by atoms with Crippen LogP contribution < -0.4 is 0 Å². The SMILES string of the molecule is [C-]#[N+]C1CCC(/C=C/C2CCC(N=C=S)C(F)C2)CC1. The van der Waals surface area contributed by atoms with Crippen molar-refractivity contribution in [3.8, 4) is 0 Å². The van der Waals surface area contributed by atoms with Gasteiger partial charge in [-0.25, -0.2) is 16.0 Å². The second-order valence-electron chi connectivity index (χ2n) is 5.96. The summed E-state index contributed by atoms with van der Waals surface area (Å²) in [5.74, 6) is 0.919. The van der Waals surface area contributed by atoms with Gasteiger partial charge < -0.3 is 4.85 Å². The summed E-state index contributed by atoms with van der Waals surface area (Å²) in [7, 11) is 0. The maximum Gasteiger partial charge on any atom is 0.223 e. The van der Waals surface area contributed by atoms with Crippen molar-refractivity contribution in [3.05, 3.63) is 23.6 Å². The molecule has 0 heterocycles. The van der Waals surface area contributed by atoms with Crippen molar-refractivity contribution in [2.45, 2.75) is 63.2 Å². The van der Waals surface area contributed by atoms with Crippen LogP contribution in [0.5, 0.6) is 0 Å². The molecule has 108 valence electrons. The summed E-state index contributed by atoms with van der Waals surface area (Å²) < 4.78 is 13.9. The summed E-state index contributed by atoms with van der Waals surface area (Å²) in [6.45, 7) is 7.04. The van der Waals surface area contributed by atoms with Crippen LogP contribution in [0.4, 0.5) is 4.39 Å². The van der Waals surface area contributed by atoms with Gasteiger partial charge >= 0.3 is 0 Å². The van der Waals surface area contributed by atoms with Gasteiger partial charge in [0.15, 0.2) is 0 Å². The fourth-order valence-electron chi connectivity index (χ4n) is 3.26. The Morgan fingerprint density at radius 1 is 1.10 bits per heavy atom. The molecule has 0 aliphatic heterocycles. The molecule has 0 radical (unpaired) electrons. The summed E-state index contributed by atoms with van der Waals surface area (Å²) in [6, 6.07) is -0.0379. The highest BCUT2D eigenvalue weighted by Gasteiger charge is 2.29. The Balaban J connectivity index is 1.79. The number of rotatable bonds is 3. The third-order valence-corrected chi connectivity index (χ3v) is 4.68. The van der Waals surface area contributed by atoms with Crippen LogP contribution in [0.1, 0.15) is 44.9 Å². The molecule has 0 N–H and O–H groups in total. The Hall–Kier alpha value is -1.04. The molecule has 0 aromatic carbocycles. The highest BCUT2D eigenvalue weighted by molar-refractivity contribution is 7.78. The molecule has 2 aliphatic carbocycles. The van der Waals surface area contributed by atoms with Gasteiger partial charge in [-0.3, -0.25) is 0 Å². The molecule has 0 aromatic rings. The van der Waals surface area contributed by atoms with E-state index in [-0.39, 0.29) is 12.1 Å². The minimum absolute atomic E-state index is 0.234. The fourth-order valence-corrected chi connectivity index (χ4v) is 3.39. The van der Waals surface area contributed by atoms with E-state index in [0.717, 1.165) is 38.5 Å². The van der Waals surface area contributed by atoms with Crippen molar-refractivity contribution >= 4 is 17.4 Å². The number of thiocarbonyl (C=S) groups is 1. The van der Waals surface area contributed by atoms with Gasteiger partial charge in [0, 0.05) is 12.8 Å². The van der Waals surface area contributed by atoms with Crippen LogP contribution in [0.25, 0.3) is 4.85 Å². The van der Waals surface area contributed by atoms with Crippen LogP contribution in [-0.2, 0) is 0 Å². The van der Waals surface area contributed by atoms with E-state index in [1.165, 1.54) is 0 Å². The van der Waals surface area contributed by atoms with Gasteiger partial charge in [0.2, 0.25) is 6.04 Å². The Morgan fingerprint density at radius 2 is 1.75 bits per heavy atom. The molecule has 0 spiro atoms. The lowest BCUT2D eigenvalue weighted by Gasteiger charge is -2.27.